The molecule has 0 bridgehead atoms. The van der Waals surface area contributed by atoms with Crippen molar-refractivity contribution in [1.82, 2.24) is 25.4 Å². The van der Waals surface area contributed by atoms with Gasteiger partial charge in [-0.1, -0.05) is 34.8 Å². The molecule has 12 heteroatoms. The molecule has 0 radical (unpaired) electrons. The monoisotopic (exact) mass is 619 g/mol. The summed E-state index contributed by atoms with van der Waals surface area (Å²) in [7, 11) is 1.75. The number of halogens is 5. The second-order valence-electron chi connectivity index (χ2n) is 9.59. The molecule has 4 aromatic rings. The van der Waals surface area contributed by atoms with E-state index >= 15 is 0 Å². The molecule has 7 nitrogen and oxygen atoms in total. The highest BCUT2D eigenvalue weighted by molar-refractivity contribution is 6.09. The lowest BCUT2D eigenvalue weighted by Crippen LogP contribution is -2.28. The van der Waals surface area contributed by atoms with Crippen LogP contribution in [0, 0.1) is 11.6 Å². The average Bonchev–Trinajstić information content (AvgIpc) is 3.38. The SMILES string of the molecule is C.C=C(CC)c1nc2ccc(C(=O)NCc3c(F)cc(C(F)(F)F)cc3F)cc2c2c1cnn2C.CC.O=C1CCCCN1. The number of hydrogen-bond acceptors (Lipinski definition) is 4. The highest BCUT2D eigenvalue weighted by Gasteiger charge is 2.32. The van der Waals surface area contributed by atoms with E-state index < -0.39 is 41.4 Å². The van der Waals surface area contributed by atoms with Crippen LogP contribution in [0.15, 0.2) is 43.1 Å². The third-order valence-corrected chi connectivity index (χ3v) is 6.75. The molecule has 0 saturated carbocycles. The Labute approximate surface area is 253 Å². The summed E-state index contributed by atoms with van der Waals surface area (Å²) in [5.41, 5.74) is 0.976. The molecule has 2 amide bonds. The molecule has 0 spiro atoms. The molecule has 2 aromatic carbocycles. The van der Waals surface area contributed by atoms with Crippen molar-refractivity contribution in [3.63, 3.8) is 0 Å². The number of aryl methyl sites for hydroxylation is 1. The number of amides is 2. The zero-order valence-electron chi connectivity index (χ0n) is 24.5. The summed E-state index contributed by atoms with van der Waals surface area (Å²) < 4.78 is 68.0. The number of nitrogens with zero attached hydrogens (tertiary/aromatic N) is 3. The largest absolute Gasteiger partial charge is 0.416 e. The number of pyridine rings is 1. The summed E-state index contributed by atoms with van der Waals surface area (Å²) in [5, 5.41) is 10.8. The first-order chi connectivity index (χ1) is 20.4. The molecule has 0 atom stereocenters. The Morgan fingerprint density at radius 2 is 1.75 bits per heavy atom. The fraction of sp³-hybridized carbons (Fsp3) is 0.375. The van der Waals surface area contributed by atoms with Crippen LogP contribution in [0.4, 0.5) is 22.0 Å². The van der Waals surface area contributed by atoms with Gasteiger partial charge in [0.1, 0.15) is 11.6 Å². The van der Waals surface area contributed by atoms with E-state index in [4.69, 9.17) is 0 Å². The van der Waals surface area contributed by atoms with Crippen molar-refractivity contribution in [2.45, 2.75) is 66.6 Å². The lowest BCUT2D eigenvalue weighted by Gasteiger charge is -2.12. The molecule has 5 rings (SSSR count). The van der Waals surface area contributed by atoms with E-state index in [1.54, 1.807) is 30.1 Å². The van der Waals surface area contributed by atoms with Gasteiger partial charge >= 0.3 is 6.18 Å². The number of hydrogen-bond donors (Lipinski definition) is 2. The van der Waals surface area contributed by atoms with E-state index in [0.717, 1.165) is 42.3 Å². The van der Waals surface area contributed by atoms with Crippen LogP contribution in [0.25, 0.3) is 27.4 Å². The quantitative estimate of drug-likeness (QED) is 0.224. The fourth-order valence-electron chi connectivity index (χ4n) is 4.45. The molecule has 1 aliphatic rings. The molecular formula is C32H38F5N5O2. The summed E-state index contributed by atoms with van der Waals surface area (Å²) >= 11 is 0. The number of allylic oxidation sites excluding steroid dienone is 1. The van der Waals surface area contributed by atoms with Crippen molar-refractivity contribution in [2.75, 3.05) is 6.54 Å². The van der Waals surface area contributed by atoms with Gasteiger partial charge in [0.15, 0.2) is 0 Å². The van der Waals surface area contributed by atoms with Crippen molar-refractivity contribution < 1.29 is 31.5 Å². The molecule has 0 unspecified atom stereocenters. The zero-order chi connectivity index (χ0) is 31.9. The van der Waals surface area contributed by atoms with Crippen LogP contribution in [0.5, 0.6) is 0 Å². The molecule has 3 heterocycles. The van der Waals surface area contributed by atoms with Crippen molar-refractivity contribution in [2.24, 2.45) is 7.05 Å². The van der Waals surface area contributed by atoms with E-state index in [9.17, 15) is 31.5 Å². The van der Waals surface area contributed by atoms with Gasteiger partial charge < -0.3 is 10.6 Å². The number of carbonyl (C=O) groups excluding carboxylic acids is 2. The van der Waals surface area contributed by atoms with Crippen LogP contribution >= 0.6 is 0 Å². The molecule has 2 N–H and O–H groups in total. The summed E-state index contributed by atoms with van der Waals surface area (Å²) in [6, 6.07) is 5.13. The van der Waals surface area contributed by atoms with Gasteiger partial charge in [-0.2, -0.15) is 18.3 Å². The molecule has 238 valence electrons. The van der Waals surface area contributed by atoms with E-state index in [-0.39, 0.29) is 31.0 Å². The number of rotatable bonds is 5. The number of aromatic nitrogens is 3. The minimum absolute atomic E-state index is 0. The highest BCUT2D eigenvalue weighted by atomic mass is 19.4. The molecule has 1 fully saturated rings. The van der Waals surface area contributed by atoms with Gasteiger partial charge in [0.2, 0.25) is 5.91 Å². The number of carbonyl (C=O) groups is 2. The lowest BCUT2D eigenvalue weighted by atomic mass is 10.0. The minimum atomic E-state index is -4.89. The van der Waals surface area contributed by atoms with Gasteiger partial charge in [-0.3, -0.25) is 14.3 Å². The maximum absolute atomic E-state index is 14.1. The molecule has 1 saturated heterocycles. The normalized spacial score (nSPS) is 12.7. The topological polar surface area (TPSA) is 88.9 Å². The Morgan fingerprint density at radius 1 is 1.09 bits per heavy atom. The van der Waals surface area contributed by atoms with Gasteiger partial charge in [-0.05, 0) is 55.2 Å². The van der Waals surface area contributed by atoms with Crippen LogP contribution in [0.1, 0.15) is 81.1 Å². The minimum Gasteiger partial charge on any atom is -0.356 e. The summed E-state index contributed by atoms with van der Waals surface area (Å²) in [6.07, 6.45) is 0.446. The van der Waals surface area contributed by atoms with Crippen molar-refractivity contribution in [1.29, 1.82) is 0 Å². The Morgan fingerprint density at radius 3 is 2.27 bits per heavy atom. The number of alkyl halides is 3. The molecular weight excluding hydrogens is 581 g/mol. The second-order valence-corrected chi connectivity index (χ2v) is 9.59. The fourth-order valence-corrected chi connectivity index (χ4v) is 4.45. The first kappa shape index (κ1) is 35.8. The highest BCUT2D eigenvalue weighted by Crippen LogP contribution is 2.32. The summed E-state index contributed by atoms with van der Waals surface area (Å²) in [5.74, 6) is -3.23. The van der Waals surface area contributed by atoms with E-state index in [2.05, 4.69) is 27.3 Å². The molecule has 1 aliphatic heterocycles. The van der Waals surface area contributed by atoms with Crippen LogP contribution < -0.4 is 10.6 Å². The van der Waals surface area contributed by atoms with Crippen molar-refractivity contribution in [3.8, 4) is 0 Å². The predicted molar refractivity (Wildman–Crippen MR) is 163 cm³/mol. The van der Waals surface area contributed by atoms with E-state index in [0.29, 0.717) is 23.0 Å². The molecule has 2 aromatic heterocycles. The van der Waals surface area contributed by atoms with Gasteiger partial charge in [-0.15, -0.1) is 0 Å². The number of piperidine rings is 1. The molecule has 44 heavy (non-hydrogen) atoms. The third-order valence-electron chi connectivity index (χ3n) is 6.75. The summed E-state index contributed by atoms with van der Waals surface area (Å²) in [6.45, 7) is 10.3. The maximum atomic E-state index is 14.1. The Bertz CT molecular complexity index is 1610. The molecule has 0 aliphatic carbocycles. The maximum Gasteiger partial charge on any atom is 0.416 e. The first-order valence-electron chi connectivity index (χ1n) is 13.9. The second kappa shape index (κ2) is 15.4. The van der Waals surface area contributed by atoms with Crippen LogP contribution in [-0.4, -0.2) is 33.1 Å². The lowest BCUT2D eigenvalue weighted by molar-refractivity contribution is -0.138. The Kier molecular flexibility index (Phi) is 12.5. The van der Waals surface area contributed by atoms with Crippen LogP contribution in [0.2, 0.25) is 0 Å². The van der Waals surface area contributed by atoms with E-state index in [1.807, 2.05) is 20.8 Å². The zero-order valence-corrected chi connectivity index (χ0v) is 24.5. The van der Waals surface area contributed by atoms with Gasteiger partial charge in [0.25, 0.3) is 5.91 Å². The number of benzene rings is 2. The number of fused-ring (bicyclic) bond motifs is 3. The van der Waals surface area contributed by atoms with E-state index in [1.165, 1.54) is 6.07 Å². The summed E-state index contributed by atoms with van der Waals surface area (Å²) in [4.78, 5) is 27.7. The Balaban J connectivity index is 0.000000587. The van der Waals surface area contributed by atoms with Crippen molar-refractivity contribution >= 4 is 39.2 Å². The van der Waals surface area contributed by atoms with Gasteiger partial charge in [0.05, 0.1) is 28.5 Å². The van der Waals surface area contributed by atoms with Gasteiger partial charge in [0, 0.05) is 48.5 Å². The van der Waals surface area contributed by atoms with Crippen LogP contribution in [0.3, 0.4) is 0 Å². The third kappa shape index (κ3) is 8.18. The average molecular weight is 620 g/mol. The Hall–Kier alpha value is -4.35. The number of nitrogens with one attached hydrogen (secondary N) is 2. The predicted octanol–water partition coefficient (Wildman–Crippen LogP) is 7.72. The smallest absolute Gasteiger partial charge is 0.356 e. The van der Waals surface area contributed by atoms with Crippen molar-refractivity contribution in [3.05, 3.63) is 77.1 Å². The van der Waals surface area contributed by atoms with Crippen LogP contribution in [-0.2, 0) is 24.6 Å². The van der Waals surface area contributed by atoms with Gasteiger partial charge in [-0.25, -0.2) is 13.8 Å². The first-order valence-corrected chi connectivity index (χ1v) is 13.9. The standard InChI is InChI=1S/C24H19F5N4O.C5H9NO.C2H6.CH4/c1-4-12(2)21-17-11-31-33(3)22(17)15-7-13(5-6-20(15)32-21)23(34)30-10-16-18(25)8-14(9-19(16)26)24(27,28)29;7-5-3-1-2-4-6-5;1-2;/h5-9,11H,2,4,10H2,1,3H3,(H,30,34);1-4H2,(H,6,7);1-2H3;1H4.